The smallest absolute Gasteiger partial charge is 0.140 e. The summed E-state index contributed by atoms with van der Waals surface area (Å²) in [4.78, 5) is 4.66. The van der Waals surface area contributed by atoms with Gasteiger partial charge in [0.15, 0.2) is 0 Å². The molecular weight excluding hydrogens is 416 g/mol. The van der Waals surface area contributed by atoms with Crippen molar-refractivity contribution < 1.29 is 4.74 Å². The number of hydrazine groups is 2. The Morgan fingerprint density at radius 2 is 1.76 bits per heavy atom. The quantitative estimate of drug-likeness (QED) is 0.197. The van der Waals surface area contributed by atoms with Crippen LogP contribution in [0.25, 0.3) is 5.70 Å². The lowest BCUT2D eigenvalue weighted by Gasteiger charge is -2.24. The van der Waals surface area contributed by atoms with Crippen LogP contribution in [0.5, 0.6) is 5.75 Å². The molecule has 178 valence electrons. The minimum atomic E-state index is 0.225. The minimum Gasteiger partial charge on any atom is -0.489 e. The zero-order valence-corrected chi connectivity index (χ0v) is 19.6. The number of hydrogen-bond donors (Lipinski definition) is 4. The fourth-order valence-electron chi connectivity index (χ4n) is 3.92. The summed E-state index contributed by atoms with van der Waals surface area (Å²) in [5, 5.41) is 6.99. The topological polar surface area (TPSA) is 145 Å². The van der Waals surface area contributed by atoms with Crippen molar-refractivity contribution in [2.45, 2.75) is 58.1 Å². The summed E-state index contributed by atoms with van der Waals surface area (Å²) in [6, 6.07) is 13.6. The number of nitrogens with zero attached hydrogens (tertiary/aromatic N) is 4. The first kappa shape index (κ1) is 24.3. The van der Waals surface area contributed by atoms with Gasteiger partial charge in [-0.2, -0.15) is 0 Å². The van der Waals surface area contributed by atoms with E-state index in [1.165, 1.54) is 29.4 Å². The summed E-state index contributed by atoms with van der Waals surface area (Å²) in [5.74, 6) is 13.1. The van der Waals surface area contributed by atoms with Gasteiger partial charge in [-0.3, -0.25) is 0 Å². The molecule has 3 rings (SSSR count). The first-order valence-corrected chi connectivity index (χ1v) is 11.3. The Morgan fingerprint density at radius 3 is 2.39 bits per heavy atom. The molecule has 1 aliphatic rings. The van der Waals surface area contributed by atoms with E-state index >= 15 is 0 Å². The van der Waals surface area contributed by atoms with Crippen molar-refractivity contribution >= 4 is 11.5 Å². The van der Waals surface area contributed by atoms with Gasteiger partial charge in [0, 0.05) is 7.05 Å². The van der Waals surface area contributed by atoms with Gasteiger partial charge in [0.25, 0.3) is 0 Å². The van der Waals surface area contributed by atoms with Crippen LogP contribution >= 0.6 is 0 Å². The zero-order valence-electron chi connectivity index (χ0n) is 19.6. The first-order chi connectivity index (χ1) is 15.8. The van der Waals surface area contributed by atoms with E-state index in [0.29, 0.717) is 23.6 Å². The number of benzene rings is 1. The van der Waals surface area contributed by atoms with Crippen LogP contribution < -0.4 is 27.9 Å². The maximum Gasteiger partial charge on any atom is 0.140 e. The Morgan fingerprint density at radius 1 is 1.06 bits per heavy atom. The molecule has 9 heteroatoms. The molecule has 0 atom stereocenters. The third-order valence-corrected chi connectivity index (χ3v) is 5.69. The second-order valence-electron chi connectivity index (χ2n) is 8.48. The molecule has 0 unspecified atom stereocenters. The summed E-state index contributed by atoms with van der Waals surface area (Å²) in [5.41, 5.74) is 16.0. The predicted octanol–water partition coefficient (Wildman–Crippen LogP) is 2.57. The lowest BCUT2D eigenvalue weighted by molar-refractivity contribution is 0.153. The largest absolute Gasteiger partial charge is 0.489 e. The lowest BCUT2D eigenvalue weighted by Crippen LogP contribution is -2.33. The molecule has 0 bridgehead atoms. The molecule has 0 saturated heterocycles. The molecule has 0 spiro atoms. The minimum absolute atomic E-state index is 0.225. The van der Waals surface area contributed by atoms with Crippen LogP contribution in [0.3, 0.4) is 0 Å². The van der Waals surface area contributed by atoms with Crippen LogP contribution in [0.2, 0.25) is 0 Å². The van der Waals surface area contributed by atoms with Crippen molar-refractivity contribution in [1.29, 1.82) is 0 Å². The number of amidine groups is 1. The van der Waals surface area contributed by atoms with Gasteiger partial charge >= 0.3 is 0 Å². The molecule has 9 nitrogen and oxygen atoms in total. The fourth-order valence-corrected chi connectivity index (χ4v) is 3.92. The number of hydrogen-bond acceptors (Lipinski definition) is 8. The van der Waals surface area contributed by atoms with Gasteiger partial charge in [-0.25, -0.2) is 21.8 Å². The van der Waals surface area contributed by atoms with Crippen molar-refractivity contribution in [3.8, 4) is 5.75 Å². The third-order valence-electron chi connectivity index (χ3n) is 5.69. The second kappa shape index (κ2) is 11.5. The highest BCUT2D eigenvalue weighted by Crippen LogP contribution is 2.26. The van der Waals surface area contributed by atoms with Crippen molar-refractivity contribution in [2.24, 2.45) is 28.3 Å². The normalized spacial score (nSPS) is 15.7. The molecule has 1 aliphatic carbocycles. The Kier molecular flexibility index (Phi) is 8.51. The molecule has 1 aromatic carbocycles. The fraction of sp³-hybridized carbons (Fsp3) is 0.417. The number of pyridine rings is 1. The SMILES string of the molecule is Cc1nc(/C(N)=C(\C/C(N)=N/N(N)Cc2ccccc2)N(C)N)ccc1OC1CCCCC1. The predicted molar refractivity (Wildman–Crippen MR) is 132 cm³/mol. The van der Waals surface area contributed by atoms with Crippen molar-refractivity contribution in [3.63, 3.8) is 0 Å². The van der Waals surface area contributed by atoms with Gasteiger partial charge in [-0.1, -0.05) is 36.8 Å². The van der Waals surface area contributed by atoms with Crippen molar-refractivity contribution in [3.05, 3.63) is 65.1 Å². The summed E-state index contributed by atoms with van der Waals surface area (Å²) in [7, 11) is 1.70. The molecule has 1 aromatic heterocycles. The monoisotopic (exact) mass is 452 g/mol. The molecule has 2 aromatic rings. The van der Waals surface area contributed by atoms with Gasteiger partial charge in [-0.15, -0.1) is 5.10 Å². The van der Waals surface area contributed by atoms with Crippen molar-refractivity contribution in [2.75, 3.05) is 7.05 Å². The Balaban J connectivity index is 1.73. The van der Waals surface area contributed by atoms with E-state index in [2.05, 4.69) is 10.1 Å². The number of ether oxygens (including phenoxy) is 1. The average molecular weight is 453 g/mol. The van der Waals surface area contributed by atoms with E-state index in [4.69, 9.17) is 27.9 Å². The van der Waals surface area contributed by atoms with Gasteiger partial charge in [-0.05, 0) is 50.3 Å². The Bertz CT molecular complexity index is 968. The Labute approximate surface area is 196 Å². The standard InChI is InChI=1S/C24H36N8O/c1-17-22(33-19-11-7-4-8-12-19)14-13-20(29-17)24(26)21(31(2)27)15-23(25)30-32(28)16-18-9-5-3-6-10-18/h3,5-6,9-10,13-14,19H,4,7-8,11-12,15-16,26-28H2,1-2H3,(H2,25,30)/b24-21-. The van der Waals surface area contributed by atoms with E-state index < -0.39 is 0 Å². The first-order valence-electron chi connectivity index (χ1n) is 11.3. The molecule has 8 N–H and O–H groups in total. The van der Waals surface area contributed by atoms with Crippen LogP contribution in [0.4, 0.5) is 0 Å². The van der Waals surface area contributed by atoms with E-state index in [1.807, 2.05) is 49.4 Å². The Hall–Kier alpha value is -3.30. The number of aryl methyl sites for hydroxylation is 1. The van der Waals surface area contributed by atoms with E-state index in [0.717, 1.165) is 29.8 Å². The maximum absolute atomic E-state index is 6.45. The van der Waals surface area contributed by atoms with Crippen LogP contribution in [-0.2, 0) is 6.54 Å². The van der Waals surface area contributed by atoms with Gasteiger partial charge < -0.3 is 21.2 Å². The third kappa shape index (κ3) is 7.10. The summed E-state index contributed by atoms with van der Waals surface area (Å²) >= 11 is 0. The van der Waals surface area contributed by atoms with Gasteiger partial charge in [0.2, 0.25) is 0 Å². The van der Waals surface area contributed by atoms with Crippen LogP contribution in [0, 0.1) is 6.92 Å². The van der Waals surface area contributed by atoms with Crippen LogP contribution in [0.1, 0.15) is 55.5 Å². The van der Waals surface area contributed by atoms with E-state index in [-0.39, 0.29) is 18.4 Å². The highest BCUT2D eigenvalue weighted by Gasteiger charge is 2.18. The highest BCUT2D eigenvalue weighted by molar-refractivity contribution is 5.84. The molecule has 0 amide bonds. The summed E-state index contributed by atoms with van der Waals surface area (Å²) in [6.07, 6.45) is 6.38. The number of rotatable bonds is 9. The van der Waals surface area contributed by atoms with Crippen LogP contribution in [0.15, 0.2) is 53.3 Å². The maximum atomic E-state index is 6.45. The zero-order chi connectivity index (χ0) is 23.8. The molecule has 1 saturated carbocycles. The molecule has 0 radical (unpaired) electrons. The van der Waals surface area contributed by atoms with Crippen LogP contribution in [-0.4, -0.2) is 34.1 Å². The number of nitrogens with two attached hydrogens (primary N) is 4. The van der Waals surface area contributed by atoms with Gasteiger partial charge in [0.05, 0.1) is 41.9 Å². The van der Waals surface area contributed by atoms with Crippen molar-refractivity contribution in [1.82, 2.24) is 15.1 Å². The second-order valence-corrected chi connectivity index (χ2v) is 8.48. The lowest BCUT2D eigenvalue weighted by atomic mass is 9.98. The molecule has 33 heavy (non-hydrogen) atoms. The average Bonchev–Trinajstić information content (AvgIpc) is 2.79. The summed E-state index contributed by atoms with van der Waals surface area (Å²) < 4.78 is 6.17. The van der Waals surface area contributed by atoms with E-state index in [9.17, 15) is 0 Å². The highest BCUT2D eigenvalue weighted by atomic mass is 16.5. The molecular formula is C24H36N8O. The summed E-state index contributed by atoms with van der Waals surface area (Å²) in [6.45, 7) is 2.35. The van der Waals surface area contributed by atoms with E-state index in [1.54, 1.807) is 7.05 Å². The molecule has 0 aliphatic heterocycles. The number of aromatic nitrogens is 1. The molecule has 1 heterocycles. The van der Waals surface area contributed by atoms with Gasteiger partial charge in [0.1, 0.15) is 11.6 Å². The molecule has 1 fully saturated rings. The number of hydrazone groups is 1.